The Kier molecular flexibility index (Phi) is 10.7. The number of hydrogen-bond acceptors (Lipinski definition) is 4. The highest BCUT2D eigenvalue weighted by Crippen LogP contribution is 2.42. The number of benzene rings is 1. The molecule has 39 heavy (non-hydrogen) atoms. The van der Waals surface area contributed by atoms with E-state index in [1.54, 1.807) is 27.0 Å². The van der Waals surface area contributed by atoms with E-state index in [1.165, 1.54) is 12.1 Å². The molecule has 2 unspecified atom stereocenters. The number of aromatic amines is 1. The summed E-state index contributed by atoms with van der Waals surface area (Å²) in [5, 5.41) is 7.04. The van der Waals surface area contributed by atoms with Crippen molar-refractivity contribution >= 4 is 28.5 Å². The van der Waals surface area contributed by atoms with Gasteiger partial charge in [-0.2, -0.15) is 0 Å². The number of likely N-dealkylation sites (N-methyl/N-ethyl adjacent to an activating group) is 1. The third-order valence-electron chi connectivity index (χ3n) is 8.86. The van der Waals surface area contributed by atoms with Gasteiger partial charge in [0.1, 0.15) is 17.6 Å². The molecule has 0 radical (unpaired) electrons. The Morgan fingerprint density at radius 1 is 1.15 bits per heavy atom. The maximum atomic E-state index is 14.4. The molecule has 2 amide bonds. The first kappa shape index (κ1) is 30.8. The van der Waals surface area contributed by atoms with Crippen molar-refractivity contribution in [2.45, 2.75) is 104 Å². The predicted molar refractivity (Wildman–Crippen MR) is 154 cm³/mol. The summed E-state index contributed by atoms with van der Waals surface area (Å²) < 4.78 is 13.9. The topological polar surface area (TPSA) is 94.3 Å². The van der Waals surface area contributed by atoms with Crippen LogP contribution in [-0.4, -0.2) is 59.2 Å². The fraction of sp³-hybridized carbons (Fsp3) is 0.645. The number of H-pyrrole nitrogens is 1. The van der Waals surface area contributed by atoms with Crippen molar-refractivity contribution in [3.8, 4) is 0 Å². The Bertz CT molecular complexity index is 1140. The van der Waals surface area contributed by atoms with E-state index in [1.807, 2.05) is 11.1 Å². The molecule has 8 heteroatoms. The molecule has 7 nitrogen and oxygen atoms in total. The number of hydrogen-bond donors (Lipinski definition) is 3. The molecule has 4 rings (SSSR count). The zero-order valence-electron chi connectivity index (χ0n) is 23.2. The highest BCUT2D eigenvalue weighted by atomic mass is 19.1. The lowest BCUT2D eigenvalue weighted by Gasteiger charge is -2.39. The molecule has 0 bridgehead atoms. The van der Waals surface area contributed by atoms with Crippen LogP contribution in [0.5, 0.6) is 0 Å². The van der Waals surface area contributed by atoms with E-state index in [9.17, 15) is 18.8 Å². The number of carbonyl (C=O) groups excluding carboxylic acids is 3. The number of ketones is 1. The summed E-state index contributed by atoms with van der Waals surface area (Å²) in [6.07, 6.45) is 8.99. The van der Waals surface area contributed by atoms with Crippen LogP contribution in [0.4, 0.5) is 4.39 Å². The van der Waals surface area contributed by atoms with E-state index < -0.39 is 12.1 Å². The number of aromatic nitrogens is 1. The molecule has 1 aliphatic heterocycles. The van der Waals surface area contributed by atoms with Gasteiger partial charge in [0.25, 0.3) is 0 Å². The normalized spacial score (nSPS) is 22.2. The molecule has 1 saturated heterocycles. The highest BCUT2D eigenvalue weighted by molar-refractivity contribution is 5.90. The number of rotatable bonds is 10. The van der Waals surface area contributed by atoms with Crippen molar-refractivity contribution in [1.82, 2.24) is 20.5 Å². The minimum atomic E-state index is -0.577. The molecule has 1 aromatic carbocycles. The Labute approximate surface area is 232 Å². The van der Waals surface area contributed by atoms with Gasteiger partial charge in [0, 0.05) is 42.0 Å². The largest absolute Gasteiger partial charge is 0.361 e. The average molecular weight is 543 g/mol. The van der Waals surface area contributed by atoms with Gasteiger partial charge in [-0.3, -0.25) is 9.59 Å². The third kappa shape index (κ3) is 6.71. The smallest absolute Gasteiger partial charge is 0.245 e. The number of likely N-dealkylation sites (tertiary alicyclic amines) is 1. The Morgan fingerprint density at radius 3 is 2.51 bits per heavy atom. The molecule has 5 atom stereocenters. The van der Waals surface area contributed by atoms with Crippen molar-refractivity contribution in [3.05, 3.63) is 35.8 Å². The lowest BCUT2D eigenvalue weighted by molar-refractivity contribution is -0.140. The van der Waals surface area contributed by atoms with Gasteiger partial charge in [-0.05, 0) is 82.2 Å². The summed E-state index contributed by atoms with van der Waals surface area (Å²) in [7, 11) is 1.74. The molecule has 1 aromatic heterocycles. The Balaban J connectivity index is 0.00000420. The Morgan fingerprint density at radius 2 is 1.87 bits per heavy atom. The number of amides is 2. The third-order valence-corrected chi connectivity index (χ3v) is 8.86. The lowest BCUT2D eigenvalue weighted by Crippen LogP contribution is -2.57. The van der Waals surface area contributed by atoms with E-state index in [2.05, 4.69) is 22.5 Å². The lowest BCUT2D eigenvalue weighted by atomic mass is 9.79. The molecular formula is C31H47FN4O3. The standard InChI is InChI=1S/C30H43FN4O3.CH4/c1-5-23(25-17-33-26-16-22(31)11-12-24(25)26)28-21(15-18(2)36)13-14-35(28)30(38)27(20-9-7-6-8-10-20)34-29(37)19(3)32-4;/h11-12,16-17,19-21,23,27-28,32-33H,5-10,13-15H2,1-4H3,(H,34,37);1H4/t19-,21-,23+,27?,28?;/m0./s1. The van der Waals surface area contributed by atoms with Crippen LogP contribution in [0, 0.1) is 17.7 Å². The van der Waals surface area contributed by atoms with E-state index in [4.69, 9.17) is 0 Å². The fourth-order valence-electron chi connectivity index (χ4n) is 6.78. The number of nitrogens with one attached hydrogen (secondary N) is 3. The van der Waals surface area contributed by atoms with Gasteiger partial charge in [0.2, 0.25) is 11.8 Å². The van der Waals surface area contributed by atoms with Crippen LogP contribution in [-0.2, 0) is 14.4 Å². The summed E-state index contributed by atoms with van der Waals surface area (Å²) in [6, 6.07) is 3.60. The van der Waals surface area contributed by atoms with E-state index >= 15 is 0 Å². The van der Waals surface area contributed by atoms with Crippen LogP contribution in [0.25, 0.3) is 10.9 Å². The van der Waals surface area contributed by atoms with Gasteiger partial charge in [0.05, 0.1) is 6.04 Å². The van der Waals surface area contributed by atoms with Gasteiger partial charge in [0.15, 0.2) is 0 Å². The van der Waals surface area contributed by atoms with E-state index in [-0.39, 0.29) is 54.6 Å². The summed E-state index contributed by atoms with van der Waals surface area (Å²) in [6.45, 7) is 6.08. The molecule has 2 aromatic rings. The molecular weight excluding hydrogens is 495 g/mol. The Hall–Kier alpha value is -2.74. The quantitative estimate of drug-likeness (QED) is 0.380. The number of Topliss-reactive ketones (excluding diaryl/α,β-unsaturated/α-hetero) is 1. The summed E-state index contributed by atoms with van der Waals surface area (Å²) in [4.78, 5) is 44.8. The number of halogens is 1. The summed E-state index contributed by atoms with van der Waals surface area (Å²) in [5.41, 5.74) is 1.77. The second kappa shape index (κ2) is 13.6. The molecule has 2 fully saturated rings. The molecule has 1 saturated carbocycles. The van der Waals surface area contributed by atoms with Crippen molar-refractivity contribution in [3.63, 3.8) is 0 Å². The number of carbonyl (C=O) groups is 3. The summed E-state index contributed by atoms with van der Waals surface area (Å²) >= 11 is 0. The second-order valence-corrected chi connectivity index (χ2v) is 11.3. The SMILES string of the molecule is C.CC[C@H](c1c[nH]c2cc(F)ccc12)C1[C@H](CC(C)=O)CCN1C(=O)C(NC(=O)[C@H](C)NC)C1CCCCC1. The monoisotopic (exact) mass is 542 g/mol. The van der Waals surface area contributed by atoms with Crippen LogP contribution >= 0.6 is 0 Å². The van der Waals surface area contributed by atoms with Crippen molar-refractivity contribution in [2.24, 2.45) is 11.8 Å². The zero-order chi connectivity index (χ0) is 27.4. The molecule has 216 valence electrons. The van der Waals surface area contributed by atoms with Crippen molar-refractivity contribution < 1.29 is 18.8 Å². The molecule has 2 aliphatic rings. The van der Waals surface area contributed by atoms with Gasteiger partial charge in [-0.15, -0.1) is 0 Å². The van der Waals surface area contributed by atoms with Crippen LogP contribution < -0.4 is 10.6 Å². The minimum absolute atomic E-state index is 0. The second-order valence-electron chi connectivity index (χ2n) is 11.3. The summed E-state index contributed by atoms with van der Waals surface area (Å²) in [5.74, 6) is -0.271. The zero-order valence-corrected chi connectivity index (χ0v) is 23.2. The first-order chi connectivity index (χ1) is 18.2. The van der Waals surface area contributed by atoms with Crippen LogP contribution in [0.2, 0.25) is 0 Å². The molecule has 0 spiro atoms. The van der Waals surface area contributed by atoms with Crippen molar-refractivity contribution in [2.75, 3.05) is 13.6 Å². The fourth-order valence-corrected chi connectivity index (χ4v) is 6.78. The van der Waals surface area contributed by atoms with Gasteiger partial charge < -0.3 is 25.3 Å². The highest BCUT2D eigenvalue weighted by Gasteiger charge is 2.46. The van der Waals surface area contributed by atoms with Gasteiger partial charge in [-0.1, -0.05) is 33.6 Å². The first-order valence-electron chi connectivity index (χ1n) is 14.3. The number of nitrogens with zero attached hydrogens (tertiary/aromatic N) is 1. The minimum Gasteiger partial charge on any atom is -0.361 e. The van der Waals surface area contributed by atoms with E-state index in [0.717, 1.165) is 61.4 Å². The molecule has 3 N–H and O–H groups in total. The van der Waals surface area contributed by atoms with Crippen molar-refractivity contribution in [1.29, 1.82) is 0 Å². The predicted octanol–water partition coefficient (Wildman–Crippen LogP) is 5.31. The van der Waals surface area contributed by atoms with Gasteiger partial charge in [-0.25, -0.2) is 4.39 Å². The van der Waals surface area contributed by atoms with E-state index in [0.29, 0.717) is 13.0 Å². The van der Waals surface area contributed by atoms with Crippen LogP contribution in [0.3, 0.4) is 0 Å². The number of fused-ring (bicyclic) bond motifs is 1. The van der Waals surface area contributed by atoms with Gasteiger partial charge >= 0.3 is 0 Å². The maximum absolute atomic E-state index is 14.4. The molecule has 1 aliphatic carbocycles. The van der Waals surface area contributed by atoms with Crippen LogP contribution in [0.1, 0.15) is 91.0 Å². The van der Waals surface area contributed by atoms with Crippen LogP contribution in [0.15, 0.2) is 24.4 Å². The average Bonchev–Trinajstić information content (AvgIpc) is 3.51. The molecule has 2 heterocycles. The maximum Gasteiger partial charge on any atom is 0.245 e. The first-order valence-corrected chi connectivity index (χ1v) is 14.3.